The normalized spacial score (nSPS) is 12.8. The van der Waals surface area contributed by atoms with Gasteiger partial charge in [-0.2, -0.15) is 8.42 Å². The van der Waals surface area contributed by atoms with E-state index >= 15 is 0 Å². The molecule has 0 aliphatic rings. The molecule has 0 saturated carbocycles. The Balaban J connectivity index is 1.89. The van der Waals surface area contributed by atoms with Crippen LogP contribution in [0, 0.1) is 12.7 Å². The van der Waals surface area contributed by atoms with Crippen molar-refractivity contribution in [3.63, 3.8) is 0 Å². The average Bonchev–Trinajstić information content (AvgIpc) is 3.11. The van der Waals surface area contributed by atoms with E-state index < -0.39 is 21.9 Å². The van der Waals surface area contributed by atoms with Gasteiger partial charge in [-0.05, 0) is 36.2 Å². The number of anilines is 1. The van der Waals surface area contributed by atoms with Gasteiger partial charge in [0.25, 0.3) is 10.0 Å². The minimum atomic E-state index is -3.99. The monoisotopic (exact) mass is 412 g/mol. The van der Waals surface area contributed by atoms with Crippen LogP contribution in [-0.2, 0) is 10.0 Å². The molecule has 1 aromatic heterocycles. The van der Waals surface area contributed by atoms with Gasteiger partial charge in [-0.1, -0.05) is 30.3 Å². The number of hydrogen-bond donors (Lipinski definition) is 1. The molecule has 0 radical (unpaired) electrons. The van der Waals surface area contributed by atoms with Gasteiger partial charge in [-0.3, -0.25) is 0 Å². The first-order chi connectivity index (χ1) is 12.3. The van der Waals surface area contributed by atoms with Crippen molar-refractivity contribution < 1.29 is 17.9 Å². The van der Waals surface area contributed by atoms with Crippen molar-refractivity contribution in [2.75, 3.05) is 3.82 Å². The summed E-state index contributed by atoms with van der Waals surface area (Å²) in [5, 5.41) is 11.9. The van der Waals surface area contributed by atoms with E-state index in [0.29, 0.717) is 15.0 Å². The number of halogens is 2. The number of nitrogens with zero attached hydrogens (tertiary/aromatic N) is 2. The third-order valence-corrected chi connectivity index (χ3v) is 7.08. The van der Waals surface area contributed by atoms with Crippen molar-refractivity contribution in [3.8, 4) is 0 Å². The largest absolute Gasteiger partial charge is 0.382 e. The lowest BCUT2D eigenvalue weighted by atomic mass is 10.1. The minimum Gasteiger partial charge on any atom is -0.382 e. The van der Waals surface area contributed by atoms with E-state index in [1.165, 1.54) is 35.7 Å². The van der Waals surface area contributed by atoms with Crippen molar-refractivity contribution in [2.24, 2.45) is 0 Å². The van der Waals surface area contributed by atoms with Crippen LogP contribution in [0.3, 0.4) is 0 Å². The maximum Gasteiger partial charge on any atom is 0.280 e. The van der Waals surface area contributed by atoms with Gasteiger partial charge in [0.15, 0.2) is 0 Å². The summed E-state index contributed by atoms with van der Waals surface area (Å²) < 4.78 is 39.0. The zero-order valence-corrected chi connectivity index (χ0v) is 15.9. The molecule has 2 aromatic carbocycles. The molecule has 3 rings (SSSR count). The summed E-state index contributed by atoms with van der Waals surface area (Å²) in [5.41, 5.74) is 1.22. The molecule has 0 aliphatic heterocycles. The van der Waals surface area contributed by atoms with E-state index in [2.05, 4.69) is 4.98 Å². The van der Waals surface area contributed by atoms with Crippen LogP contribution >= 0.6 is 23.1 Å². The Kier molecular flexibility index (Phi) is 5.29. The summed E-state index contributed by atoms with van der Waals surface area (Å²) in [4.78, 5) is 4.19. The van der Waals surface area contributed by atoms with E-state index in [1.54, 1.807) is 25.1 Å². The summed E-state index contributed by atoms with van der Waals surface area (Å²) in [6.45, 7) is 1.67. The van der Waals surface area contributed by atoms with Crippen LogP contribution in [0.15, 0.2) is 58.8 Å². The van der Waals surface area contributed by atoms with Crippen LogP contribution in [0.25, 0.3) is 0 Å². The molecular weight excluding hydrogens is 399 g/mol. The Bertz CT molecular complexity index is 1020. The van der Waals surface area contributed by atoms with Gasteiger partial charge in [-0.25, -0.2) is 9.37 Å². The lowest BCUT2D eigenvalue weighted by Crippen LogP contribution is -2.22. The summed E-state index contributed by atoms with van der Waals surface area (Å²) in [5.74, 6) is -0.420. The van der Waals surface area contributed by atoms with Crippen molar-refractivity contribution in [2.45, 2.75) is 17.9 Å². The molecule has 9 heteroatoms. The van der Waals surface area contributed by atoms with Crippen molar-refractivity contribution in [1.82, 2.24) is 4.98 Å². The number of thiazole rings is 1. The first-order valence-electron chi connectivity index (χ1n) is 7.46. The van der Waals surface area contributed by atoms with E-state index in [4.69, 9.17) is 11.8 Å². The number of aliphatic hydroxyl groups is 1. The molecule has 0 amide bonds. The smallest absolute Gasteiger partial charge is 0.280 e. The highest BCUT2D eigenvalue weighted by atomic mass is 35.5. The molecule has 0 fully saturated rings. The zero-order valence-electron chi connectivity index (χ0n) is 13.5. The number of aliphatic hydroxyl groups excluding tert-OH is 1. The number of hydrogen-bond acceptors (Lipinski definition) is 5. The molecule has 5 nitrogen and oxygen atoms in total. The predicted octanol–water partition coefficient (Wildman–Crippen LogP) is 4.02. The van der Waals surface area contributed by atoms with Crippen LogP contribution in [0.2, 0.25) is 0 Å². The fraction of sp³-hybridized carbons (Fsp3) is 0.118. The Hall–Kier alpha value is -2.00. The molecule has 1 heterocycles. The molecule has 0 spiro atoms. The van der Waals surface area contributed by atoms with Crippen LogP contribution in [-0.4, -0.2) is 18.5 Å². The molecule has 0 bridgehead atoms. The number of sulfonamides is 1. The maximum atomic E-state index is 13.0. The van der Waals surface area contributed by atoms with Gasteiger partial charge < -0.3 is 5.11 Å². The van der Waals surface area contributed by atoms with E-state index in [0.717, 1.165) is 11.3 Å². The number of benzene rings is 2. The summed E-state index contributed by atoms with van der Waals surface area (Å²) in [6, 6.07) is 11.8. The van der Waals surface area contributed by atoms with E-state index in [9.17, 15) is 17.9 Å². The lowest BCUT2D eigenvalue weighted by molar-refractivity contribution is 0.216. The summed E-state index contributed by atoms with van der Waals surface area (Å²) in [7, 11) is -3.99. The Morgan fingerprint density at radius 3 is 2.50 bits per heavy atom. The first kappa shape index (κ1) is 18.8. The van der Waals surface area contributed by atoms with Crippen molar-refractivity contribution >= 4 is 38.3 Å². The Labute approximate surface area is 159 Å². The highest BCUT2D eigenvalue weighted by molar-refractivity contribution is 7.94. The zero-order chi connectivity index (χ0) is 18.9. The highest BCUT2D eigenvalue weighted by Gasteiger charge is 2.28. The molecule has 1 unspecified atom stereocenters. The minimum absolute atomic E-state index is 0.00563. The third kappa shape index (κ3) is 3.59. The van der Waals surface area contributed by atoms with Crippen LogP contribution in [0.1, 0.15) is 22.9 Å². The topological polar surface area (TPSA) is 70.5 Å². The van der Waals surface area contributed by atoms with Gasteiger partial charge in [0, 0.05) is 17.2 Å². The van der Waals surface area contributed by atoms with Crippen molar-refractivity contribution in [3.05, 3.63) is 76.5 Å². The maximum absolute atomic E-state index is 13.0. The fourth-order valence-corrected chi connectivity index (χ4v) is 4.93. The summed E-state index contributed by atoms with van der Waals surface area (Å²) >= 11 is 7.03. The standard InChI is InChI=1S/C17H14ClFN2O3S2/c1-11-4-2-3-5-15(11)26(23,24)21(18)17-20-14(10-25-17)16(22)12-6-8-13(19)9-7-12/h2-10,16,22H,1H3. The quantitative estimate of drug-likeness (QED) is 0.642. The second-order valence-electron chi connectivity index (χ2n) is 5.49. The predicted molar refractivity (Wildman–Crippen MR) is 99.3 cm³/mol. The molecular formula is C17H14ClFN2O3S2. The van der Waals surface area contributed by atoms with Gasteiger partial charge in [-0.15, -0.1) is 15.2 Å². The third-order valence-electron chi connectivity index (χ3n) is 3.71. The van der Waals surface area contributed by atoms with E-state index in [-0.39, 0.29) is 15.7 Å². The summed E-state index contributed by atoms with van der Waals surface area (Å²) in [6.07, 6.45) is -1.12. The lowest BCUT2D eigenvalue weighted by Gasteiger charge is -2.14. The Morgan fingerprint density at radius 1 is 1.19 bits per heavy atom. The fourth-order valence-electron chi connectivity index (χ4n) is 2.33. The number of aryl methyl sites for hydroxylation is 1. The van der Waals surface area contributed by atoms with Crippen LogP contribution < -0.4 is 3.82 Å². The first-order valence-corrected chi connectivity index (χ1v) is 10.1. The second-order valence-corrected chi connectivity index (χ2v) is 8.62. The average molecular weight is 413 g/mol. The Morgan fingerprint density at radius 2 is 1.85 bits per heavy atom. The van der Waals surface area contributed by atoms with Gasteiger partial charge >= 0.3 is 0 Å². The molecule has 3 aromatic rings. The SMILES string of the molecule is Cc1ccccc1S(=O)(=O)N(Cl)c1nc(C(O)c2ccc(F)cc2)cs1. The van der Waals surface area contributed by atoms with Crippen molar-refractivity contribution in [1.29, 1.82) is 0 Å². The van der Waals surface area contributed by atoms with E-state index in [1.807, 2.05) is 0 Å². The van der Waals surface area contributed by atoms with Crippen LogP contribution in [0.5, 0.6) is 0 Å². The molecule has 1 atom stereocenters. The van der Waals surface area contributed by atoms with Crippen LogP contribution in [0.4, 0.5) is 9.52 Å². The van der Waals surface area contributed by atoms with Gasteiger partial charge in [0.05, 0.1) is 10.6 Å². The second kappa shape index (κ2) is 7.32. The molecule has 0 aliphatic carbocycles. The molecule has 1 N–H and O–H groups in total. The van der Waals surface area contributed by atoms with Gasteiger partial charge in [0.2, 0.25) is 5.13 Å². The number of aromatic nitrogens is 1. The molecule has 26 heavy (non-hydrogen) atoms. The van der Waals surface area contributed by atoms with Gasteiger partial charge in [0.1, 0.15) is 11.9 Å². The molecule has 0 saturated heterocycles. The highest BCUT2D eigenvalue weighted by Crippen LogP contribution is 2.33. The molecule has 136 valence electrons. The number of rotatable bonds is 5.